The van der Waals surface area contributed by atoms with Crippen LogP contribution in [0.5, 0.6) is 0 Å². The van der Waals surface area contributed by atoms with Crippen LogP contribution < -0.4 is 0 Å². The van der Waals surface area contributed by atoms with E-state index < -0.39 is 11.8 Å². The maximum absolute atomic E-state index is 14.1. The number of aryl methyl sites for hydroxylation is 2. The van der Waals surface area contributed by atoms with Crippen molar-refractivity contribution >= 4 is 23.7 Å². The summed E-state index contributed by atoms with van der Waals surface area (Å²) in [6.45, 7) is 4.21. The van der Waals surface area contributed by atoms with Gasteiger partial charge in [0.2, 0.25) is 0 Å². The Labute approximate surface area is 238 Å². The number of Topliss-reactive ketones (excluding diaryl/α,β-unsaturated/α-hetero) is 2. The molecule has 0 unspecified atom stereocenters. The smallest absolute Gasteiger partial charge is 0.167 e. The molecule has 0 bridgehead atoms. The molecule has 0 aromatic heterocycles. The van der Waals surface area contributed by atoms with E-state index in [9.17, 15) is 9.59 Å². The maximum Gasteiger partial charge on any atom is 0.167 e. The lowest BCUT2D eigenvalue weighted by atomic mass is 9.52. The predicted molar refractivity (Wildman–Crippen MR) is 165 cm³/mol. The molecule has 40 heavy (non-hydrogen) atoms. The van der Waals surface area contributed by atoms with Crippen LogP contribution in [0.25, 0.3) is 12.2 Å². The average Bonchev–Trinajstić information content (AvgIpc) is 3.01. The van der Waals surface area contributed by atoms with Gasteiger partial charge in [-0.05, 0) is 46.9 Å². The van der Waals surface area contributed by atoms with Crippen LogP contribution in [0, 0.1) is 23.7 Å². The SMILES string of the molecule is CCc1ccc(C(=O)[C@H]2[C@H](/C=C/c3ccccc3)[C@@H](/C=C/c3ccccc3)[C@@H]2C(=O)c2ccc(CC)cc2)cc1. The van der Waals surface area contributed by atoms with Gasteiger partial charge in [-0.2, -0.15) is 0 Å². The van der Waals surface area contributed by atoms with Gasteiger partial charge in [-0.3, -0.25) is 9.59 Å². The minimum absolute atomic E-state index is 0.0401. The zero-order valence-corrected chi connectivity index (χ0v) is 23.2. The Kier molecular flexibility index (Phi) is 8.66. The molecule has 1 saturated carbocycles. The van der Waals surface area contributed by atoms with Crippen LogP contribution in [0.2, 0.25) is 0 Å². The molecule has 4 aromatic carbocycles. The van der Waals surface area contributed by atoms with Gasteiger partial charge >= 0.3 is 0 Å². The van der Waals surface area contributed by atoms with Crippen molar-refractivity contribution in [3.8, 4) is 0 Å². The molecule has 0 amide bonds. The first-order valence-electron chi connectivity index (χ1n) is 14.3. The van der Waals surface area contributed by atoms with Gasteiger partial charge < -0.3 is 0 Å². The molecule has 2 nitrogen and oxygen atoms in total. The van der Waals surface area contributed by atoms with Gasteiger partial charge in [0.1, 0.15) is 0 Å². The second-order valence-electron chi connectivity index (χ2n) is 10.6. The number of hydrogen-bond acceptors (Lipinski definition) is 2. The highest BCUT2D eigenvalue weighted by molar-refractivity contribution is 6.07. The highest BCUT2D eigenvalue weighted by Crippen LogP contribution is 2.51. The summed E-state index contributed by atoms with van der Waals surface area (Å²) < 4.78 is 0. The van der Waals surface area contributed by atoms with Crippen molar-refractivity contribution in [2.24, 2.45) is 23.7 Å². The van der Waals surface area contributed by atoms with Gasteiger partial charge in [0.05, 0.1) is 0 Å². The van der Waals surface area contributed by atoms with E-state index in [1.807, 2.05) is 84.9 Å². The molecule has 4 aromatic rings. The monoisotopic (exact) mass is 524 g/mol. The molecule has 0 spiro atoms. The number of rotatable bonds is 10. The second kappa shape index (κ2) is 12.7. The molecular formula is C38H36O2. The van der Waals surface area contributed by atoms with Gasteiger partial charge in [-0.25, -0.2) is 0 Å². The molecule has 1 aliphatic rings. The highest BCUT2D eigenvalue weighted by Gasteiger charge is 2.54. The topological polar surface area (TPSA) is 34.1 Å². The maximum atomic E-state index is 14.1. The number of allylic oxidation sites excluding steroid dienone is 2. The van der Waals surface area contributed by atoms with Crippen LogP contribution >= 0.6 is 0 Å². The van der Waals surface area contributed by atoms with E-state index >= 15 is 0 Å². The fraction of sp³-hybridized carbons (Fsp3) is 0.211. The summed E-state index contributed by atoms with van der Waals surface area (Å²) >= 11 is 0. The van der Waals surface area contributed by atoms with Crippen LogP contribution in [0.15, 0.2) is 121 Å². The van der Waals surface area contributed by atoms with Crippen molar-refractivity contribution < 1.29 is 9.59 Å². The Morgan fingerprint density at radius 2 is 0.875 bits per heavy atom. The fourth-order valence-corrected chi connectivity index (χ4v) is 5.75. The van der Waals surface area contributed by atoms with Gasteiger partial charge in [-0.15, -0.1) is 0 Å². The van der Waals surface area contributed by atoms with E-state index in [0.29, 0.717) is 11.1 Å². The lowest BCUT2D eigenvalue weighted by Gasteiger charge is -2.48. The van der Waals surface area contributed by atoms with Crippen molar-refractivity contribution in [3.05, 3.63) is 155 Å². The van der Waals surface area contributed by atoms with E-state index in [0.717, 1.165) is 24.0 Å². The van der Waals surface area contributed by atoms with Crippen molar-refractivity contribution in [3.63, 3.8) is 0 Å². The summed E-state index contributed by atoms with van der Waals surface area (Å²) in [7, 11) is 0. The van der Waals surface area contributed by atoms with Crippen molar-refractivity contribution in [1.29, 1.82) is 0 Å². The standard InChI is InChI=1S/C38H36O2/c1-3-27-15-21-31(22-16-27)37(39)35-33(25-19-29-11-7-5-8-12-29)34(26-20-30-13-9-6-10-14-30)36(35)38(40)32-23-17-28(4-2)18-24-32/h5-26,33-36H,3-4H2,1-2H3/b25-19+,26-20+/t33-,34-,35+,36+/m1/s1. The summed E-state index contributed by atoms with van der Waals surface area (Å²) in [5, 5.41) is 0. The Morgan fingerprint density at radius 3 is 1.20 bits per heavy atom. The molecule has 0 aliphatic heterocycles. The van der Waals surface area contributed by atoms with Gasteiger partial charge in [-0.1, -0.05) is 147 Å². The van der Waals surface area contributed by atoms with Crippen LogP contribution in [0.1, 0.15) is 56.8 Å². The highest BCUT2D eigenvalue weighted by atomic mass is 16.1. The van der Waals surface area contributed by atoms with Crippen LogP contribution in [0.4, 0.5) is 0 Å². The third-order valence-corrected chi connectivity index (χ3v) is 8.18. The van der Waals surface area contributed by atoms with E-state index in [2.05, 4.69) is 62.4 Å². The van der Waals surface area contributed by atoms with Crippen LogP contribution in [0.3, 0.4) is 0 Å². The summed E-state index contributed by atoms with van der Waals surface area (Å²) in [5.74, 6) is -0.978. The first-order valence-corrected chi connectivity index (χ1v) is 14.3. The normalized spacial score (nSPS) is 20.4. The molecule has 5 rings (SSSR count). The lowest BCUT2D eigenvalue weighted by Crippen LogP contribution is -2.52. The Hall–Kier alpha value is -4.30. The molecule has 200 valence electrons. The summed E-state index contributed by atoms with van der Waals surface area (Å²) in [6, 6.07) is 36.0. The van der Waals surface area contributed by atoms with Crippen molar-refractivity contribution in [2.75, 3.05) is 0 Å². The number of hydrogen-bond donors (Lipinski definition) is 0. The summed E-state index contributed by atoms with van der Waals surface area (Å²) in [6.07, 6.45) is 10.3. The fourth-order valence-electron chi connectivity index (χ4n) is 5.75. The van der Waals surface area contributed by atoms with E-state index in [4.69, 9.17) is 0 Å². The Bertz CT molecular complexity index is 1360. The first-order chi connectivity index (χ1) is 19.6. The zero-order chi connectivity index (χ0) is 27.9. The van der Waals surface area contributed by atoms with Crippen LogP contribution in [-0.4, -0.2) is 11.6 Å². The number of carbonyl (C=O) groups is 2. The van der Waals surface area contributed by atoms with E-state index in [-0.39, 0.29) is 23.4 Å². The molecule has 0 N–H and O–H groups in total. The molecule has 0 saturated heterocycles. The molecule has 0 radical (unpaired) electrons. The third kappa shape index (κ3) is 5.97. The van der Waals surface area contributed by atoms with Crippen molar-refractivity contribution in [2.45, 2.75) is 26.7 Å². The predicted octanol–water partition coefficient (Wildman–Crippen LogP) is 8.78. The van der Waals surface area contributed by atoms with E-state index in [1.165, 1.54) is 11.1 Å². The second-order valence-corrected chi connectivity index (χ2v) is 10.6. The molecule has 1 fully saturated rings. The summed E-state index contributed by atoms with van der Waals surface area (Å²) in [5.41, 5.74) is 5.89. The van der Waals surface area contributed by atoms with E-state index in [1.54, 1.807) is 0 Å². The largest absolute Gasteiger partial charge is 0.294 e. The van der Waals surface area contributed by atoms with Gasteiger partial charge in [0.15, 0.2) is 11.6 Å². The molecule has 2 heteroatoms. The lowest BCUT2D eigenvalue weighted by molar-refractivity contribution is 0.0316. The molecular weight excluding hydrogens is 488 g/mol. The minimum Gasteiger partial charge on any atom is -0.294 e. The average molecular weight is 525 g/mol. The number of benzene rings is 4. The molecule has 1 aliphatic carbocycles. The molecule has 0 heterocycles. The first kappa shape index (κ1) is 27.3. The Balaban J connectivity index is 1.55. The van der Waals surface area contributed by atoms with Gasteiger partial charge in [0.25, 0.3) is 0 Å². The van der Waals surface area contributed by atoms with Crippen LogP contribution in [-0.2, 0) is 12.8 Å². The quantitative estimate of drug-likeness (QED) is 0.194. The Morgan fingerprint density at radius 1 is 0.525 bits per heavy atom. The third-order valence-electron chi connectivity index (χ3n) is 8.18. The van der Waals surface area contributed by atoms with Gasteiger partial charge in [0, 0.05) is 23.0 Å². The minimum atomic E-state index is -0.434. The zero-order valence-electron chi connectivity index (χ0n) is 23.2. The van der Waals surface area contributed by atoms with Crippen molar-refractivity contribution in [1.82, 2.24) is 0 Å². The summed E-state index contributed by atoms with van der Waals surface area (Å²) in [4.78, 5) is 28.2. The molecule has 4 atom stereocenters. The number of carbonyl (C=O) groups excluding carboxylic acids is 2. The number of ketones is 2.